The zero-order valence-electron chi connectivity index (χ0n) is 22.1. The number of aryl methyl sites for hydroxylation is 1. The molecule has 0 saturated heterocycles. The van der Waals surface area contributed by atoms with Gasteiger partial charge in [0.2, 0.25) is 0 Å². The van der Waals surface area contributed by atoms with E-state index in [0.717, 1.165) is 57.5 Å². The third kappa shape index (κ3) is 6.69. The van der Waals surface area contributed by atoms with Gasteiger partial charge in [-0.15, -0.1) is 11.3 Å². The quantitative estimate of drug-likeness (QED) is 0.152. The first-order valence-electron chi connectivity index (χ1n) is 13.2. The number of nitrogens with zero attached hydrogens (tertiary/aromatic N) is 1. The van der Waals surface area contributed by atoms with Crippen molar-refractivity contribution in [2.75, 3.05) is 11.9 Å². The summed E-state index contributed by atoms with van der Waals surface area (Å²) in [5, 5.41) is 3.78. The van der Waals surface area contributed by atoms with Crippen LogP contribution in [0.1, 0.15) is 62.0 Å². The molecular weight excluding hydrogens is 588 g/mol. The fourth-order valence-corrected chi connectivity index (χ4v) is 6.29. The minimum atomic E-state index is -0.332. The molecule has 0 radical (unpaired) electrons. The van der Waals surface area contributed by atoms with Crippen LogP contribution >= 0.6 is 27.3 Å². The maximum absolute atomic E-state index is 13.3. The van der Waals surface area contributed by atoms with Gasteiger partial charge in [0.25, 0.3) is 5.91 Å². The van der Waals surface area contributed by atoms with E-state index in [1.165, 1.54) is 4.88 Å². The molecular formula is C32H29BrN2O4S. The minimum Gasteiger partial charge on any atom is -0.488 e. The molecule has 1 N–H and O–H groups in total. The highest BCUT2D eigenvalue weighted by Gasteiger charge is 2.25. The second kappa shape index (κ2) is 13.1. The largest absolute Gasteiger partial charge is 0.488 e. The number of rotatable bonds is 9. The summed E-state index contributed by atoms with van der Waals surface area (Å²) in [4.78, 5) is 31.2. The molecule has 1 aliphatic rings. The SMILES string of the molecule is CCOC(=O)c1ccc(COc2ccc(C=Nc3sc4c(c3C(=O)Nc3ccccc3)CCCC4)cc2Br)cc1. The Bertz CT molecular complexity index is 1530. The Balaban J connectivity index is 1.29. The van der Waals surface area contributed by atoms with E-state index < -0.39 is 0 Å². The number of ether oxygens (including phenoxy) is 2. The van der Waals surface area contributed by atoms with Crippen molar-refractivity contribution in [3.8, 4) is 5.75 Å². The van der Waals surface area contributed by atoms with Gasteiger partial charge in [-0.2, -0.15) is 0 Å². The van der Waals surface area contributed by atoms with Crippen molar-refractivity contribution < 1.29 is 19.1 Å². The number of para-hydroxylation sites is 1. The molecule has 0 spiro atoms. The molecule has 3 aromatic carbocycles. The lowest BCUT2D eigenvalue weighted by atomic mass is 9.95. The maximum Gasteiger partial charge on any atom is 0.338 e. The van der Waals surface area contributed by atoms with Crippen LogP contribution in [0.15, 0.2) is 82.3 Å². The summed E-state index contributed by atoms with van der Waals surface area (Å²) in [6.07, 6.45) is 5.91. The van der Waals surface area contributed by atoms with E-state index in [1.54, 1.807) is 36.6 Å². The fourth-order valence-electron chi connectivity index (χ4n) is 4.55. The Morgan fingerprint density at radius 3 is 2.55 bits per heavy atom. The van der Waals surface area contributed by atoms with Crippen molar-refractivity contribution in [2.24, 2.45) is 4.99 Å². The number of anilines is 1. The second-order valence-electron chi connectivity index (χ2n) is 9.37. The highest BCUT2D eigenvalue weighted by molar-refractivity contribution is 9.10. The number of thiophene rings is 1. The van der Waals surface area contributed by atoms with Crippen LogP contribution in [0.25, 0.3) is 0 Å². The number of hydrogen-bond acceptors (Lipinski definition) is 6. The lowest BCUT2D eigenvalue weighted by Crippen LogP contribution is -2.14. The number of aliphatic imine (C=N–C) groups is 1. The lowest BCUT2D eigenvalue weighted by molar-refractivity contribution is 0.0526. The fraction of sp³-hybridized carbons (Fsp3) is 0.219. The van der Waals surface area contributed by atoms with Crippen LogP contribution in [0.2, 0.25) is 0 Å². The third-order valence-corrected chi connectivity index (χ3v) is 8.38. The molecule has 0 aliphatic heterocycles. The minimum absolute atomic E-state index is 0.113. The summed E-state index contributed by atoms with van der Waals surface area (Å²) in [6, 6.07) is 22.5. The smallest absolute Gasteiger partial charge is 0.338 e. The van der Waals surface area contributed by atoms with Crippen LogP contribution in [0, 0.1) is 0 Å². The molecule has 0 bridgehead atoms. The first-order chi connectivity index (χ1) is 19.5. The summed E-state index contributed by atoms with van der Waals surface area (Å²) >= 11 is 5.22. The molecule has 4 aromatic rings. The molecule has 0 unspecified atom stereocenters. The van der Waals surface area contributed by atoms with Gasteiger partial charge < -0.3 is 14.8 Å². The highest BCUT2D eigenvalue weighted by Crippen LogP contribution is 2.40. The molecule has 1 aromatic heterocycles. The normalized spacial score (nSPS) is 12.7. The van der Waals surface area contributed by atoms with E-state index in [4.69, 9.17) is 14.5 Å². The molecule has 0 saturated carbocycles. The van der Waals surface area contributed by atoms with Crippen LogP contribution in [0.3, 0.4) is 0 Å². The Labute approximate surface area is 246 Å². The molecule has 1 aliphatic carbocycles. The molecule has 8 heteroatoms. The maximum atomic E-state index is 13.3. The van der Waals surface area contributed by atoms with Gasteiger partial charge in [-0.3, -0.25) is 4.79 Å². The molecule has 0 fully saturated rings. The van der Waals surface area contributed by atoms with E-state index in [-0.39, 0.29) is 11.9 Å². The van der Waals surface area contributed by atoms with Crippen molar-refractivity contribution in [3.63, 3.8) is 0 Å². The number of amides is 1. The van der Waals surface area contributed by atoms with Crippen molar-refractivity contribution in [3.05, 3.63) is 110 Å². The van der Waals surface area contributed by atoms with Crippen molar-refractivity contribution in [1.29, 1.82) is 0 Å². The number of fused-ring (bicyclic) bond motifs is 1. The van der Waals surface area contributed by atoms with Gasteiger partial charge in [0.05, 0.1) is 22.2 Å². The summed E-state index contributed by atoms with van der Waals surface area (Å²) in [6.45, 7) is 2.49. The first-order valence-corrected chi connectivity index (χ1v) is 14.9. The number of nitrogens with one attached hydrogen (secondary N) is 1. The van der Waals surface area contributed by atoms with Crippen LogP contribution < -0.4 is 10.1 Å². The average molecular weight is 618 g/mol. The molecule has 0 atom stereocenters. The Hall–Kier alpha value is -3.75. The predicted molar refractivity (Wildman–Crippen MR) is 163 cm³/mol. The van der Waals surface area contributed by atoms with E-state index in [9.17, 15) is 9.59 Å². The highest BCUT2D eigenvalue weighted by atomic mass is 79.9. The van der Waals surface area contributed by atoms with Crippen LogP contribution in [0.5, 0.6) is 5.75 Å². The van der Waals surface area contributed by atoms with Crippen LogP contribution in [-0.4, -0.2) is 24.7 Å². The summed E-state index contributed by atoms with van der Waals surface area (Å²) in [5.74, 6) is 0.251. The summed E-state index contributed by atoms with van der Waals surface area (Å²) in [5.41, 5.74) is 4.94. The van der Waals surface area contributed by atoms with E-state index in [1.807, 2.05) is 60.7 Å². The Morgan fingerprint density at radius 2 is 1.80 bits per heavy atom. The lowest BCUT2D eigenvalue weighted by Gasteiger charge is -2.12. The standard InChI is InChI=1S/C32H29BrN2O4S/c1-2-38-32(37)23-15-12-21(13-16-23)20-39-27-17-14-22(18-26(27)33)19-34-31-29(25-10-6-7-11-28(25)40-31)30(36)35-24-8-4-3-5-9-24/h3-5,8-9,12-19H,2,6-7,10-11,20H2,1H3,(H,35,36). The molecule has 5 rings (SSSR count). The van der Waals surface area contributed by atoms with Crippen molar-refractivity contribution >= 4 is 56.0 Å². The zero-order chi connectivity index (χ0) is 27.9. The van der Waals surface area contributed by atoms with Gasteiger partial charge in [-0.25, -0.2) is 9.79 Å². The number of carbonyl (C=O) groups is 2. The summed E-state index contributed by atoms with van der Waals surface area (Å²) < 4.78 is 11.8. The number of hydrogen-bond donors (Lipinski definition) is 1. The first kappa shape index (κ1) is 27.8. The molecule has 1 heterocycles. The van der Waals surface area contributed by atoms with Gasteiger partial charge in [0.1, 0.15) is 17.4 Å². The Kier molecular flexibility index (Phi) is 9.08. The Morgan fingerprint density at radius 1 is 1.02 bits per heavy atom. The van der Waals surface area contributed by atoms with Gasteiger partial charge in [0.15, 0.2) is 0 Å². The van der Waals surface area contributed by atoms with Crippen molar-refractivity contribution in [1.82, 2.24) is 0 Å². The average Bonchev–Trinajstić information content (AvgIpc) is 3.35. The molecule has 204 valence electrons. The number of halogens is 1. The number of esters is 1. The topological polar surface area (TPSA) is 77.0 Å². The third-order valence-electron chi connectivity index (χ3n) is 6.56. The monoisotopic (exact) mass is 616 g/mol. The van der Waals surface area contributed by atoms with E-state index >= 15 is 0 Å². The van der Waals surface area contributed by atoms with Gasteiger partial charge >= 0.3 is 5.97 Å². The number of carbonyl (C=O) groups excluding carboxylic acids is 2. The molecule has 6 nitrogen and oxygen atoms in total. The predicted octanol–water partition coefficient (Wildman–Crippen LogP) is 8.15. The van der Waals surface area contributed by atoms with E-state index in [2.05, 4.69) is 21.2 Å². The van der Waals surface area contributed by atoms with Gasteiger partial charge in [-0.05, 0) is 108 Å². The van der Waals surface area contributed by atoms with Crippen LogP contribution in [-0.2, 0) is 24.2 Å². The van der Waals surface area contributed by atoms with Crippen LogP contribution in [0.4, 0.5) is 10.7 Å². The van der Waals surface area contributed by atoms with Gasteiger partial charge in [0, 0.05) is 16.8 Å². The molecule has 1 amide bonds. The van der Waals surface area contributed by atoms with Crippen molar-refractivity contribution in [2.45, 2.75) is 39.2 Å². The number of benzene rings is 3. The van der Waals surface area contributed by atoms with Gasteiger partial charge in [-0.1, -0.05) is 30.3 Å². The second-order valence-corrected chi connectivity index (χ2v) is 11.3. The van der Waals surface area contributed by atoms with E-state index in [0.29, 0.717) is 30.1 Å². The molecule has 40 heavy (non-hydrogen) atoms. The summed E-state index contributed by atoms with van der Waals surface area (Å²) in [7, 11) is 0. The zero-order valence-corrected chi connectivity index (χ0v) is 24.5.